The van der Waals surface area contributed by atoms with Gasteiger partial charge in [0, 0.05) is 12.8 Å². The predicted octanol–water partition coefficient (Wildman–Crippen LogP) is 3.05. The minimum Gasteiger partial charge on any atom is -0.299 e. The van der Waals surface area contributed by atoms with Gasteiger partial charge in [0.05, 0.1) is 0 Å². The lowest BCUT2D eigenvalue weighted by atomic mass is 9.93. The molecule has 0 heterocycles. The highest BCUT2D eigenvalue weighted by Crippen LogP contribution is 2.20. The van der Waals surface area contributed by atoms with Crippen LogP contribution < -0.4 is 0 Å². The number of rotatable bonds is 2. The molecule has 0 unspecified atom stereocenters. The number of Topliss-reactive ketones (excluding diaryl/α,β-unsaturated/α-hetero) is 1. The molecule has 0 fully saturated rings. The molecular weight excluding hydrogens is 191 g/mol. The van der Waals surface area contributed by atoms with Crippen LogP contribution in [0, 0.1) is 5.82 Å². The molecule has 0 aliphatic heterocycles. The quantitative estimate of drug-likeness (QED) is 0.677. The molecule has 1 aromatic carbocycles. The number of carbonyl (C=O) groups excluding carboxylic acids is 1. The third-order valence-electron chi connectivity index (χ3n) is 2.72. The summed E-state index contributed by atoms with van der Waals surface area (Å²) >= 11 is 0. The molecule has 0 amide bonds. The van der Waals surface area contributed by atoms with E-state index in [1.165, 1.54) is 11.6 Å². The lowest BCUT2D eigenvalue weighted by Crippen LogP contribution is -2.05. The van der Waals surface area contributed by atoms with E-state index in [4.69, 9.17) is 0 Å². The largest absolute Gasteiger partial charge is 0.299 e. The van der Waals surface area contributed by atoms with E-state index in [9.17, 15) is 9.18 Å². The number of hydrogen-bond acceptors (Lipinski definition) is 1. The zero-order valence-corrected chi connectivity index (χ0v) is 8.50. The van der Waals surface area contributed by atoms with E-state index in [-0.39, 0.29) is 11.6 Å². The lowest BCUT2D eigenvalue weighted by molar-refractivity contribution is -0.118. The zero-order valence-electron chi connectivity index (χ0n) is 8.50. The van der Waals surface area contributed by atoms with E-state index in [0.717, 1.165) is 12.0 Å². The van der Waals surface area contributed by atoms with Crippen molar-refractivity contribution in [2.75, 3.05) is 0 Å². The standard InChI is InChI=1S/C13H13FO/c14-13-4-2-1-3-11(13)9-10-5-7-12(15)8-6-10/h1-5H,6-9H2. The van der Waals surface area contributed by atoms with Gasteiger partial charge in [-0.1, -0.05) is 29.8 Å². The average molecular weight is 204 g/mol. The highest BCUT2D eigenvalue weighted by Gasteiger charge is 2.11. The summed E-state index contributed by atoms with van der Waals surface area (Å²) in [6.07, 6.45) is 4.50. The summed E-state index contributed by atoms with van der Waals surface area (Å²) in [6, 6.07) is 6.81. The zero-order chi connectivity index (χ0) is 10.7. The first kappa shape index (κ1) is 10.1. The fourth-order valence-corrected chi connectivity index (χ4v) is 1.81. The van der Waals surface area contributed by atoms with Crippen molar-refractivity contribution >= 4 is 5.78 Å². The van der Waals surface area contributed by atoms with E-state index < -0.39 is 0 Å². The highest BCUT2D eigenvalue weighted by atomic mass is 19.1. The SMILES string of the molecule is O=C1CC=C(Cc2ccccc2F)CC1. The van der Waals surface area contributed by atoms with Crippen LogP contribution in [0.25, 0.3) is 0 Å². The second-order valence-corrected chi connectivity index (χ2v) is 3.87. The Morgan fingerprint density at radius 3 is 2.67 bits per heavy atom. The maximum absolute atomic E-state index is 13.3. The first-order chi connectivity index (χ1) is 7.25. The van der Waals surface area contributed by atoms with Crippen molar-refractivity contribution in [2.45, 2.75) is 25.7 Å². The molecule has 78 valence electrons. The van der Waals surface area contributed by atoms with Gasteiger partial charge in [0.1, 0.15) is 11.6 Å². The van der Waals surface area contributed by atoms with Gasteiger partial charge in [-0.25, -0.2) is 4.39 Å². The molecule has 2 rings (SSSR count). The first-order valence-electron chi connectivity index (χ1n) is 5.19. The van der Waals surface area contributed by atoms with Crippen molar-refractivity contribution < 1.29 is 9.18 Å². The van der Waals surface area contributed by atoms with Crippen LogP contribution in [0.2, 0.25) is 0 Å². The Kier molecular flexibility index (Phi) is 2.95. The smallest absolute Gasteiger partial charge is 0.136 e. The van der Waals surface area contributed by atoms with Crippen molar-refractivity contribution in [3.63, 3.8) is 0 Å². The first-order valence-corrected chi connectivity index (χ1v) is 5.19. The minimum absolute atomic E-state index is 0.157. The molecule has 0 bridgehead atoms. The van der Waals surface area contributed by atoms with E-state index in [0.29, 0.717) is 19.3 Å². The summed E-state index contributed by atoms with van der Waals surface area (Å²) in [6.45, 7) is 0. The van der Waals surface area contributed by atoms with Gasteiger partial charge < -0.3 is 0 Å². The van der Waals surface area contributed by atoms with Gasteiger partial charge in [-0.15, -0.1) is 0 Å². The molecular formula is C13H13FO. The van der Waals surface area contributed by atoms with Crippen LogP contribution in [0.3, 0.4) is 0 Å². The maximum atomic E-state index is 13.3. The van der Waals surface area contributed by atoms with Crippen LogP contribution in [-0.2, 0) is 11.2 Å². The maximum Gasteiger partial charge on any atom is 0.136 e. The second kappa shape index (κ2) is 4.39. The van der Waals surface area contributed by atoms with Crippen LogP contribution >= 0.6 is 0 Å². The molecule has 1 aromatic rings. The summed E-state index contributed by atoms with van der Waals surface area (Å²) in [5.41, 5.74) is 1.90. The Hall–Kier alpha value is -1.44. The molecule has 0 saturated carbocycles. The van der Waals surface area contributed by atoms with E-state index in [2.05, 4.69) is 0 Å². The van der Waals surface area contributed by atoms with Gasteiger partial charge in [0.2, 0.25) is 0 Å². The molecule has 0 N–H and O–H groups in total. The number of benzene rings is 1. The summed E-state index contributed by atoms with van der Waals surface area (Å²) in [7, 11) is 0. The van der Waals surface area contributed by atoms with Gasteiger partial charge in [0.25, 0.3) is 0 Å². The summed E-state index contributed by atoms with van der Waals surface area (Å²) in [5.74, 6) is 0.127. The van der Waals surface area contributed by atoms with Crippen LogP contribution in [-0.4, -0.2) is 5.78 Å². The van der Waals surface area contributed by atoms with Gasteiger partial charge in [0.15, 0.2) is 0 Å². The summed E-state index contributed by atoms with van der Waals surface area (Å²) in [4.78, 5) is 11.0. The van der Waals surface area contributed by atoms with Gasteiger partial charge in [-0.2, -0.15) is 0 Å². The van der Waals surface area contributed by atoms with Crippen molar-refractivity contribution in [1.82, 2.24) is 0 Å². The molecule has 1 aliphatic carbocycles. The van der Waals surface area contributed by atoms with Crippen molar-refractivity contribution in [1.29, 1.82) is 0 Å². The van der Waals surface area contributed by atoms with E-state index in [1.807, 2.05) is 12.1 Å². The molecule has 15 heavy (non-hydrogen) atoms. The van der Waals surface area contributed by atoms with E-state index >= 15 is 0 Å². The molecule has 0 saturated heterocycles. The third-order valence-corrected chi connectivity index (χ3v) is 2.72. The Morgan fingerprint density at radius 1 is 1.20 bits per heavy atom. The molecule has 2 heteroatoms. The van der Waals surface area contributed by atoms with Crippen LogP contribution in [0.4, 0.5) is 4.39 Å². The normalized spacial score (nSPS) is 16.3. The molecule has 0 atom stereocenters. The highest BCUT2D eigenvalue weighted by molar-refractivity contribution is 5.81. The summed E-state index contributed by atoms with van der Waals surface area (Å²) < 4.78 is 13.3. The third kappa shape index (κ3) is 2.52. The van der Waals surface area contributed by atoms with Crippen LogP contribution in [0.15, 0.2) is 35.9 Å². The van der Waals surface area contributed by atoms with Crippen molar-refractivity contribution in [3.05, 3.63) is 47.3 Å². The monoisotopic (exact) mass is 204 g/mol. The lowest BCUT2D eigenvalue weighted by Gasteiger charge is -2.12. The minimum atomic E-state index is -0.157. The van der Waals surface area contributed by atoms with Gasteiger partial charge in [-0.05, 0) is 24.5 Å². The second-order valence-electron chi connectivity index (χ2n) is 3.87. The Morgan fingerprint density at radius 2 is 2.00 bits per heavy atom. The molecule has 1 nitrogen and oxygen atoms in total. The molecule has 0 aromatic heterocycles. The van der Waals surface area contributed by atoms with Gasteiger partial charge in [-0.3, -0.25) is 4.79 Å². The predicted molar refractivity (Wildman–Crippen MR) is 57.0 cm³/mol. The number of halogens is 1. The molecule has 0 spiro atoms. The fourth-order valence-electron chi connectivity index (χ4n) is 1.81. The Balaban J connectivity index is 2.10. The Labute approximate surface area is 88.6 Å². The van der Waals surface area contributed by atoms with Crippen molar-refractivity contribution in [3.8, 4) is 0 Å². The number of carbonyl (C=O) groups is 1. The van der Waals surface area contributed by atoms with Crippen LogP contribution in [0.1, 0.15) is 24.8 Å². The Bertz CT molecular complexity index is 407. The number of allylic oxidation sites excluding steroid dienone is 2. The molecule has 1 aliphatic rings. The average Bonchev–Trinajstić information content (AvgIpc) is 2.25. The topological polar surface area (TPSA) is 17.1 Å². The fraction of sp³-hybridized carbons (Fsp3) is 0.308. The van der Waals surface area contributed by atoms with Crippen LogP contribution in [0.5, 0.6) is 0 Å². The number of hydrogen-bond donors (Lipinski definition) is 0. The summed E-state index contributed by atoms with van der Waals surface area (Å²) in [5, 5.41) is 0. The number of ketones is 1. The molecule has 0 radical (unpaired) electrons. The van der Waals surface area contributed by atoms with Gasteiger partial charge >= 0.3 is 0 Å². The van der Waals surface area contributed by atoms with E-state index in [1.54, 1.807) is 12.1 Å². The van der Waals surface area contributed by atoms with Crippen molar-refractivity contribution in [2.24, 2.45) is 0 Å².